The van der Waals surface area contributed by atoms with Gasteiger partial charge in [0, 0.05) is 22.9 Å². The van der Waals surface area contributed by atoms with Crippen LogP contribution in [0, 0.1) is 5.92 Å². The standard InChI is InChI=1S/C21H20N4O3/c1-28-18-10-6-16(7-11-18)23-20(26)15-4-8-17(9-5-15)25-12-19(22-13-25)24-21(27)14-2-3-14/h4-14H,2-3H2,1H3,(H,23,26)(H,24,27). The van der Waals surface area contributed by atoms with Gasteiger partial charge >= 0.3 is 0 Å². The number of carbonyl (C=O) groups is 2. The van der Waals surface area contributed by atoms with Crippen molar-refractivity contribution in [1.82, 2.24) is 9.55 Å². The zero-order valence-electron chi connectivity index (χ0n) is 15.4. The van der Waals surface area contributed by atoms with Gasteiger partial charge in [0.25, 0.3) is 5.91 Å². The number of amides is 2. The van der Waals surface area contributed by atoms with Gasteiger partial charge in [0.2, 0.25) is 5.91 Å². The quantitative estimate of drug-likeness (QED) is 0.690. The average molecular weight is 376 g/mol. The SMILES string of the molecule is COc1ccc(NC(=O)c2ccc(-n3cnc(NC(=O)C4CC4)c3)cc2)cc1. The van der Waals surface area contributed by atoms with Gasteiger partial charge in [-0.3, -0.25) is 9.59 Å². The number of anilines is 2. The highest BCUT2D eigenvalue weighted by Crippen LogP contribution is 2.30. The van der Waals surface area contributed by atoms with Gasteiger partial charge in [0.05, 0.1) is 13.3 Å². The van der Waals surface area contributed by atoms with Crippen LogP contribution in [0.1, 0.15) is 23.2 Å². The Morgan fingerprint density at radius 1 is 1.04 bits per heavy atom. The van der Waals surface area contributed by atoms with Crippen LogP contribution in [0.2, 0.25) is 0 Å². The van der Waals surface area contributed by atoms with E-state index in [0.717, 1.165) is 24.3 Å². The molecule has 1 saturated carbocycles. The molecule has 7 heteroatoms. The Morgan fingerprint density at radius 2 is 1.75 bits per heavy atom. The lowest BCUT2D eigenvalue weighted by Crippen LogP contribution is -2.13. The molecule has 1 aliphatic carbocycles. The van der Waals surface area contributed by atoms with Gasteiger partial charge in [-0.15, -0.1) is 0 Å². The molecule has 0 spiro atoms. The third-order valence-corrected chi connectivity index (χ3v) is 4.56. The van der Waals surface area contributed by atoms with Crippen LogP contribution in [-0.4, -0.2) is 28.5 Å². The molecule has 1 aromatic heterocycles. The summed E-state index contributed by atoms with van der Waals surface area (Å²) in [6, 6.07) is 14.3. The lowest BCUT2D eigenvalue weighted by molar-refractivity contribution is -0.117. The number of ether oxygens (including phenoxy) is 1. The average Bonchev–Trinajstić information content (AvgIpc) is 3.48. The summed E-state index contributed by atoms with van der Waals surface area (Å²) in [5, 5.41) is 5.66. The molecule has 0 saturated heterocycles. The summed E-state index contributed by atoms with van der Waals surface area (Å²) >= 11 is 0. The lowest BCUT2D eigenvalue weighted by atomic mass is 10.2. The molecule has 3 aromatic rings. The molecule has 0 aliphatic heterocycles. The molecule has 2 amide bonds. The maximum atomic E-state index is 12.4. The van der Waals surface area contributed by atoms with E-state index in [-0.39, 0.29) is 17.7 Å². The van der Waals surface area contributed by atoms with E-state index in [1.165, 1.54) is 0 Å². The maximum absolute atomic E-state index is 12.4. The molecule has 0 unspecified atom stereocenters. The number of nitrogens with one attached hydrogen (secondary N) is 2. The largest absolute Gasteiger partial charge is 0.497 e. The number of hydrogen-bond acceptors (Lipinski definition) is 4. The molecule has 142 valence electrons. The molecule has 7 nitrogen and oxygen atoms in total. The van der Waals surface area contributed by atoms with E-state index in [1.54, 1.807) is 60.6 Å². The van der Waals surface area contributed by atoms with Crippen LogP contribution in [-0.2, 0) is 4.79 Å². The Bertz CT molecular complexity index is 989. The summed E-state index contributed by atoms with van der Waals surface area (Å²) in [7, 11) is 1.60. The Balaban J connectivity index is 1.40. The zero-order valence-corrected chi connectivity index (χ0v) is 15.4. The number of aromatic nitrogens is 2. The van der Waals surface area contributed by atoms with Crippen molar-refractivity contribution < 1.29 is 14.3 Å². The number of rotatable bonds is 6. The molecule has 1 fully saturated rings. The van der Waals surface area contributed by atoms with Gasteiger partial charge in [-0.2, -0.15) is 0 Å². The topological polar surface area (TPSA) is 85.2 Å². The third-order valence-electron chi connectivity index (χ3n) is 4.56. The minimum Gasteiger partial charge on any atom is -0.497 e. The summed E-state index contributed by atoms with van der Waals surface area (Å²) in [5.41, 5.74) is 2.09. The summed E-state index contributed by atoms with van der Waals surface area (Å²) in [6.07, 6.45) is 5.29. The van der Waals surface area contributed by atoms with Gasteiger partial charge in [-0.1, -0.05) is 0 Å². The smallest absolute Gasteiger partial charge is 0.255 e. The molecule has 28 heavy (non-hydrogen) atoms. The Morgan fingerprint density at radius 3 is 2.39 bits per heavy atom. The molecule has 1 aliphatic rings. The van der Waals surface area contributed by atoms with Crippen LogP contribution in [0.25, 0.3) is 5.69 Å². The van der Waals surface area contributed by atoms with Crippen LogP contribution in [0.15, 0.2) is 61.1 Å². The van der Waals surface area contributed by atoms with Crippen molar-refractivity contribution in [2.75, 3.05) is 17.7 Å². The number of benzene rings is 2. The minimum absolute atomic E-state index is 0.0239. The van der Waals surface area contributed by atoms with E-state index in [0.29, 0.717) is 17.1 Å². The van der Waals surface area contributed by atoms with Crippen molar-refractivity contribution >= 4 is 23.3 Å². The molecule has 0 radical (unpaired) electrons. The molecule has 2 N–H and O–H groups in total. The van der Waals surface area contributed by atoms with Gasteiger partial charge in [-0.05, 0) is 61.4 Å². The van der Waals surface area contributed by atoms with E-state index >= 15 is 0 Å². The summed E-state index contributed by atoms with van der Waals surface area (Å²) in [5.74, 6) is 1.22. The van der Waals surface area contributed by atoms with Crippen LogP contribution >= 0.6 is 0 Å². The predicted molar refractivity (Wildman–Crippen MR) is 106 cm³/mol. The fraction of sp³-hybridized carbons (Fsp3) is 0.190. The van der Waals surface area contributed by atoms with Crippen molar-refractivity contribution in [3.05, 3.63) is 66.6 Å². The number of hydrogen-bond donors (Lipinski definition) is 2. The first-order valence-electron chi connectivity index (χ1n) is 9.03. The molecule has 0 atom stereocenters. The highest BCUT2D eigenvalue weighted by Gasteiger charge is 2.29. The van der Waals surface area contributed by atoms with E-state index < -0.39 is 0 Å². The predicted octanol–water partition coefficient (Wildman–Crippen LogP) is 3.48. The Kier molecular flexibility index (Phi) is 4.80. The zero-order chi connectivity index (χ0) is 19.5. The van der Waals surface area contributed by atoms with Crippen molar-refractivity contribution in [3.8, 4) is 11.4 Å². The number of carbonyl (C=O) groups excluding carboxylic acids is 2. The minimum atomic E-state index is -0.195. The van der Waals surface area contributed by atoms with E-state index in [4.69, 9.17) is 4.74 Å². The van der Waals surface area contributed by atoms with Crippen molar-refractivity contribution in [2.45, 2.75) is 12.8 Å². The molecular formula is C21H20N4O3. The van der Waals surface area contributed by atoms with Gasteiger partial charge in [0.1, 0.15) is 12.1 Å². The fourth-order valence-electron chi connectivity index (χ4n) is 2.76. The fourth-order valence-corrected chi connectivity index (χ4v) is 2.76. The third kappa shape index (κ3) is 4.03. The number of nitrogens with zero attached hydrogens (tertiary/aromatic N) is 2. The highest BCUT2D eigenvalue weighted by molar-refractivity contribution is 6.04. The summed E-state index contributed by atoms with van der Waals surface area (Å²) in [4.78, 5) is 28.4. The van der Waals surface area contributed by atoms with Gasteiger partial charge in [0.15, 0.2) is 5.82 Å². The first-order chi connectivity index (χ1) is 13.6. The van der Waals surface area contributed by atoms with Crippen LogP contribution < -0.4 is 15.4 Å². The van der Waals surface area contributed by atoms with E-state index in [1.807, 2.05) is 12.1 Å². The second-order valence-corrected chi connectivity index (χ2v) is 6.66. The number of methoxy groups -OCH3 is 1. The highest BCUT2D eigenvalue weighted by atomic mass is 16.5. The second kappa shape index (κ2) is 7.56. The lowest BCUT2D eigenvalue weighted by Gasteiger charge is -2.07. The number of imidazole rings is 1. The molecule has 0 bridgehead atoms. The Labute approximate surface area is 162 Å². The molecule has 1 heterocycles. The summed E-state index contributed by atoms with van der Waals surface area (Å²) < 4.78 is 6.91. The summed E-state index contributed by atoms with van der Waals surface area (Å²) in [6.45, 7) is 0. The van der Waals surface area contributed by atoms with Crippen molar-refractivity contribution in [3.63, 3.8) is 0 Å². The van der Waals surface area contributed by atoms with Crippen LogP contribution in [0.4, 0.5) is 11.5 Å². The normalized spacial score (nSPS) is 13.0. The first kappa shape index (κ1) is 17.8. The van der Waals surface area contributed by atoms with E-state index in [9.17, 15) is 9.59 Å². The maximum Gasteiger partial charge on any atom is 0.255 e. The first-order valence-corrected chi connectivity index (χ1v) is 9.03. The van der Waals surface area contributed by atoms with Gasteiger partial charge in [-0.25, -0.2) is 4.98 Å². The van der Waals surface area contributed by atoms with Crippen LogP contribution in [0.3, 0.4) is 0 Å². The molecule has 4 rings (SSSR count). The van der Waals surface area contributed by atoms with E-state index in [2.05, 4.69) is 15.6 Å². The monoisotopic (exact) mass is 376 g/mol. The van der Waals surface area contributed by atoms with Gasteiger partial charge < -0.3 is 19.9 Å². The van der Waals surface area contributed by atoms with Crippen molar-refractivity contribution in [2.24, 2.45) is 5.92 Å². The second-order valence-electron chi connectivity index (χ2n) is 6.66. The molecular weight excluding hydrogens is 356 g/mol. The Hall–Kier alpha value is -3.61. The molecule has 2 aromatic carbocycles. The van der Waals surface area contributed by atoms with Crippen molar-refractivity contribution in [1.29, 1.82) is 0 Å². The van der Waals surface area contributed by atoms with Crippen LogP contribution in [0.5, 0.6) is 5.75 Å².